The van der Waals surface area contributed by atoms with Crippen LogP contribution >= 0.6 is 0 Å². The van der Waals surface area contributed by atoms with Crippen molar-refractivity contribution >= 4 is 35.4 Å². The van der Waals surface area contributed by atoms with Crippen LogP contribution in [0.1, 0.15) is 78.1 Å². The number of aliphatic hydroxyl groups is 2. The van der Waals surface area contributed by atoms with Crippen LogP contribution in [-0.4, -0.2) is 116 Å². The van der Waals surface area contributed by atoms with Crippen LogP contribution < -0.4 is 5.32 Å². The van der Waals surface area contributed by atoms with Gasteiger partial charge in [0.2, 0.25) is 17.3 Å². The van der Waals surface area contributed by atoms with Gasteiger partial charge < -0.3 is 39.8 Å². The highest BCUT2D eigenvalue weighted by molar-refractivity contribution is 6.01. The fourth-order valence-electron chi connectivity index (χ4n) is 9.18. The molecule has 0 aromatic carbocycles. The first kappa shape index (κ1) is 44.6. The summed E-state index contributed by atoms with van der Waals surface area (Å²) in [5.74, 6) is -9.41. The molecular formula is C35H45F2N3O17. The van der Waals surface area contributed by atoms with Crippen molar-refractivity contribution in [2.75, 3.05) is 19.8 Å². The van der Waals surface area contributed by atoms with Gasteiger partial charge in [-0.25, -0.2) is 13.6 Å². The van der Waals surface area contributed by atoms with Crippen molar-refractivity contribution in [2.45, 2.75) is 114 Å². The third kappa shape index (κ3) is 8.75. The summed E-state index contributed by atoms with van der Waals surface area (Å²) >= 11 is 0. The molecule has 1 amide bonds. The number of halogens is 2. The number of esters is 2. The third-order valence-electron chi connectivity index (χ3n) is 11.8. The summed E-state index contributed by atoms with van der Waals surface area (Å²) in [6, 6.07) is -1.83. The van der Waals surface area contributed by atoms with Crippen LogP contribution in [0.2, 0.25) is 0 Å². The van der Waals surface area contributed by atoms with Crippen molar-refractivity contribution in [3.05, 3.63) is 44.0 Å². The highest BCUT2D eigenvalue weighted by atomic mass is 19.1. The van der Waals surface area contributed by atoms with E-state index in [0.29, 0.717) is 6.42 Å². The number of nitrogens with one attached hydrogen (secondary N) is 1. The average Bonchev–Trinajstić information content (AvgIpc) is 3.34. The molecule has 0 aromatic heterocycles. The molecule has 22 heteroatoms. The fourth-order valence-corrected chi connectivity index (χ4v) is 9.18. The molecule has 0 bridgehead atoms. The number of aliphatic carboxylic acids is 1. The lowest BCUT2D eigenvalue weighted by atomic mass is 9.44. The number of fused-ring (bicyclic) bond motifs is 5. The number of nitrogens with zero attached hydrogens (tertiary/aromatic N) is 2. The molecule has 3 saturated carbocycles. The van der Waals surface area contributed by atoms with Gasteiger partial charge in [-0.3, -0.25) is 24.0 Å². The molecule has 3 fully saturated rings. The fraction of sp³-hybridized carbons (Fsp3) is 0.714. The molecule has 10 atom stereocenters. The number of carbonyl (C=O) groups is 6. The summed E-state index contributed by atoms with van der Waals surface area (Å²) in [5, 5.41) is 53.8. The van der Waals surface area contributed by atoms with E-state index < -0.39 is 149 Å². The lowest BCUT2D eigenvalue weighted by Crippen LogP contribution is -2.71. The van der Waals surface area contributed by atoms with E-state index in [0.717, 1.165) is 12.2 Å². The van der Waals surface area contributed by atoms with Crippen LogP contribution in [0.4, 0.5) is 8.78 Å². The SMILES string of the molecule is C[C@]12C=CC(=O)C=C1[C@@H](F)CC1C3C[C@@H](O)[C@](OC(=O)CCCO[N+](=O)[O-])(C(=O)COC(=O)CC(NC(=O)CCCCCO[N+](=O)[O-])C(=O)O)[C@@]3(C)C[C@H](O)[C@@]12F. The zero-order valence-corrected chi connectivity index (χ0v) is 31.1. The molecule has 3 unspecified atom stereocenters. The number of rotatable bonds is 20. The van der Waals surface area contributed by atoms with E-state index in [1.165, 1.54) is 19.9 Å². The minimum absolute atomic E-state index is 0.191. The first-order valence-corrected chi connectivity index (χ1v) is 18.3. The number of ether oxygens (including phenoxy) is 2. The minimum Gasteiger partial charge on any atom is -0.480 e. The van der Waals surface area contributed by atoms with Crippen molar-refractivity contribution in [1.29, 1.82) is 0 Å². The van der Waals surface area contributed by atoms with Crippen LogP contribution in [0, 0.1) is 42.9 Å². The van der Waals surface area contributed by atoms with E-state index in [1.54, 1.807) is 0 Å². The second-order valence-electron chi connectivity index (χ2n) is 15.1. The summed E-state index contributed by atoms with van der Waals surface area (Å²) in [4.78, 5) is 106. The molecule has 20 nitrogen and oxygen atoms in total. The van der Waals surface area contributed by atoms with Crippen LogP contribution in [0.25, 0.3) is 0 Å². The Hall–Kier alpha value is -5.12. The molecule has 316 valence electrons. The standard InChI is InChI=1S/C35H45F2N3O17/c1-32-10-9-19(41)13-22(32)23(36)14-21-20-15-25(42)35(33(20,2)17-26(43)34(21,32)37,57-29(46)8-6-12-56-40(52)53)27(44)18-54-30(47)16-24(31(48)49)38-28(45)7-4-3-5-11-55-39(50)51/h9-10,13,20-21,23-26,42-43H,3-8,11-12,14-18H2,1-2H3,(H,38,45)(H,48,49)/t20?,21?,23-,24?,25+,26-,32-,33-,34-,35-/m0/s1. The van der Waals surface area contributed by atoms with Gasteiger partial charge in [0.1, 0.15) is 18.3 Å². The normalized spacial score (nSPS) is 33.0. The number of amides is 1. The summed E-state index contributed by atoms with van der Waals surface area (Å²) in [6.07, 6.45) is -5.74. The van der Waals surface area contributed by atoms with Crippen molar-refractivity contribution in [1.82, 2.24) is 5.32 Å². The summed E-state index contributed by atoms with van der Waals surface area (Å²) in [6.45, 7) is 0.628. The monoisotopic (exact) mass is 817 g/mol. The van der Waals surface area contributed by atoms with Gasteiger partial charge in [-0.05, 0) is 69.1 Å². The predicted molar refractivity (Wildman–Crippen MR) is 183 cm³/mol. The maximum Gasteiger partial charge on any atom is 0.326 e. The van der Waals surface area contributed by atoms with Gasteiger partial charge in [0.25, 0.3) is 10.2 Å². The van der Waals surface area contributed by atoms with Crippen LogP contribution in [0.3, 0.4) is 0 Å². The Morgan fingerprint density at radius 1 is 0.947 bits per heavy atom. The van der Waals surface area contributed by atoms with Gasteiger partial charge in [-0.2, -0.15) is 0 Å². The lowest BCUT2D eigenvalue weighted by molar-refractivity contribution is -0.757. The number of alkyl halides is 2. The molecule has 0 aliphatic heterocycles. The second kappa shape index (κ2) is 17.6. The van der Waals surface area contributed by atoms with Crippen LogP contribution in [0.15, 0.2) is 23.8 Å². The van der Waals surface area contributed by atoms with E-state index in [4.69, 9.17) is 9.47 Å². The van der Waals surface area contributed by atoms with Crippen molar-refractivity contribution in [3.8, 4) is 0 Å². The van der Waals surface area contributed by atoms with E-state index in [2.05, 4.69) is 15.0 Å². The van der Waals surface area contributed by atoms with E-state index in [1.807, 2.05) is 0 Å². The molecule has 0 saturated heterocycles. The van der Waals surface area contributed by atoms with E-state index in [9.17, 15) is 64.3 Å². The second-order valence-corrected chi connectivity index (χ2v) is 15.1. The Morgan fingerprint density at radius 2 is 1.60 bits per heavy atom. The van der Waals surface area contributed by atoms with Crippen molar-refractivity contribution in [2.24, 2.45) is 22.7 Å². The summed E-state index contributed by atoms with van der Waals surface area (Å²) in [5.41, 5.74) is -9.24. The van der Waals surface area contributed by atoms with Gasteiger partial charge in [0.15, 0.2) is 18.1 Å². The van der Waals surface area contributed by atoms with Crippen molar-refractivity contribution in [3.63, 3.8) is 0 Å². The topological polar surface area (TPSA) is 298 Å². The number of aliphatic hydroxyl groups excluding tert-OH is 2. The first-order valence-electron chi connectivity index (χ1n) is 18.3. The number of carboxylic acids is 1. The van der Waals surface area contributed by atoms with Gasteiger partial charge in [0.05, 0.1) is 25.7 Å². The lowest BCUT2D eigenvalue weighted by Gasteiger charge is -2.63. The molecule has 57 heavy (non-hydrogen) atoms. The molecular weight excluding hydrogens is 772 g/mol. The Kier molecular flexibility index (Phi) is 13.7. The number of Topliss-reactive ketones (excluding diaryl/α,β-unsaturated/α-hetero) is 1. The minimum atomic E-state index is -2.69. The molecule has 0 radical (unpaired) electrons. The Labute approximate surface area is 323 Å². The number of hydrogen-bond acceptors (Lipinski definition) is 16. The molecule has 0 spiro atoms. The molecule has 4 aliphatic rings. The molecule has 0 aromatic rings. The quantitative estimate of drug-likeness (QED) is 0.0584. The average molecular weight is 818 g/mol. The Bertz CT molecular complexity index is 1710. The predicted octanol–water partition coefficient (Wildman–Crippen LogP) is 1.39. The number of unbranched alkanes of at least 4 members (excludes halogenated alkanes) is 2. The first-order chi connectivity index (χ1) is 26.6. The zero-order chi connectivity index (χ0) is 42.5. The molecule has 4 rings (SSSR count). The third-order valence-corrected chi connectivity index (χ3v) is 11.8. The van der Waals surface area contributed by atoms with E-state index >= 15 is 8.78 Å². The Morgan fingerprint density at radius 3 is 2.23 bits per heavy atom. The number of ketones is 2. The largest absolute Gasteiger partial charge is 0.480 e. The maximum absolute atomic E-state index is 17.7. The number of carbonyl (C=O) groups excluding carboxylic acids is 5. The number of carboxylic acid groups (broad SMARTS) is 1. The Balaban J connectivity index is 1.56. The van der Waals surface area contributed by atoms with Gasteiger partial charge >= 0.3 is 17.9 Å². The van der Waals surface area contributed by atoms with Gasteiger partial charge in [-0.1, -0.05) is 19.4 Å². The maximum atomic E-state index is 17.7. The summed E-state index contributed by atoms with van der Waals surface area (Å²) in [7, 11) is 0. The highest BCUT2D eigenvalue weighted by Crippen LogP contribution is 2.70. The van der Waals surface area contributed by atoms with Gasteiger partial charge in [-0.15, -0.1) is 20.2 Å². The number of allylic oxidation sites excluding steroid dienone is 4. The van der Waals surface area contributed by atoms with Crippen LogP contribution in [0.5, 0.6) is 0 Å². The summed E-state index contributed by atoms with van der Waals surface area (Å²) < 4.78 is 44.4. The molecule has 4 N–H and O–H groups in total. The molecule has 4 aliphatic carbocycles. The smallest absolute Gasteiger partial charge is 0.326 e. The zero-order valence-electron chi connectivity index (χ0n) is 31.1. The highest BCUT2D eigenvalue weighted by Gasteiger charge is 2.79. The van der Waals surface area contributed by atoms with Crippen LogP contribution in [-0.2, 0) is 47.9 Å². The van der Waals surface area contributed by atoms with Gasteiger partial charge in [0, 0.05) is 29.6 Å². The number of hydrogen-bond donors (Lipinski definition) is 4. The van der Waals surface area contributed by atoms with Crippen molar-refractivity contribution < 1.29 is 82.2 Å². The van der Waals surface area contributed by atoms with E-state index in [-0.39, 0.29) is 37.9 Å². The molecule has 0 heterocycles.